The van der Waals surface area contributed by atoms with Crippen LogP contribution >= 0.6 is 11.8 Å². The molecule has 0 unspecified atom stereocenters. The van der Waals surface area contributed by atoms with E-state index in [-0.39, 0.29) is 0 Å². The van der Waals surface area contributed by atoms with Crippen molar-refractivity contribution in [3.63, 3.8) is 0 Å². The molecule has 0 bridgehead atoms. The lowest BCUT2D eigenvalue weighted by atomic mass is 10.3. The Morgan fingerprint density at radius 1 is 1.40 bits per heavy atom. The molecule has 0 saturated carbocycles. The van der Waals surface area contributed by atoms with Gasteiger partial charge in [-0.05, 0) is 23.5 Å². The van der Waals surface area contributed by atoms with E-state index < -0.39 is 0 Å². The second-order valence-electron chi connectivity index (χ2n) is 2.67. The summed E-state index contributed by atoms with van der Waals surface area (Å²) in [5.74, 6) is 1.12. The van der Waals surface area contributed by atoms with E-state index in [1.165, 1.54) is 11.8 Å². The third-order valence-corrected chi connectivity index (χ3v) is 2.31. The largest absolute Gasteiger partial charge is 0.495 e. The molecule has 2 heterocycles. The van der Waals surface area contributed by atoms with Crippen molar-refractivity contribution in [3.05, 3.63) is 18.3 Å². The van der Waals surface area contributed by atoms with Crippen LogP contribution in [-0.2, 0) is 0 Å². The molecule has 0 atom stereocenters. The van der Waals surface area contributed by atoms with Gasteiger partial charge in [0.1, 0.15) is 11.4 Å². The monoisotopic (exact) mass is 223 g/mol. The SMILES string of the molecule is COc1ccc(-c2nc(SC)no2)nc1. The van der Waals surface area contributed by atoms with Gasteiger partial charge in [-0.15, -0.1) is 0 Å². The third kappa shape index (κ3) is 2.10. The fourth-order valence-electron chi connectivity index (χ4n) is 1.02. The average molecular weight is 223 g/mol. The molecule has 2 rings (SSSR count). The minimum absolute atomic E-state index is 0.419. The number of rotatable bonds is 3. The van der Waals surface area contributed by atoms with Crippen LogP contribution in [-0.4, -0.2) is 28.5 Å². The van der Waals surface area contributed by atoms with Crippen molar-refractivity contribution in [2.75, 3.05) is 13.4 Å². The second kappa shape index (κ2) is 4.31. The summed E-state index contributed by atoms with van der Waals surface area (Å²) in [6, 6.07) is 3.57. The minimum Gasteiger partial charge on any atom is -0.495 e. The first-order valence-electron chi connectivity index (χ1n) is 4.21. The summed E-state index contributed by atoms with van der Waals surface area (Å²) in [5, 5.41) is 4.36. The molecule has 6 heteroatoms. The average Bonchev–Trinajstić information content (AvgIpc) is 2.78. The number of thioether (sulfide) groups is 1. The molecule has 0 spiro atoms. The first-order chi connectivity index (χ1) is 7.33. The molecule has 0 aromatic carbocycles. The maximum atomic E-state index is 5.03. The standard InChI is InChI=1S/C9H9N3O2S/c1-13-6-3-4-7(10-5-6)8-11-9(15-2)12-14-8/h3-5H,1-2H3. The predicted octanol–water partition coefficient (Wildman–Crippen LogP) is 1.86. The van der Waals surface area contributed by atoms with E-state index in [1.807, 2.05) is 6.26 Å². The highest BCUT2D eigenvalue weighted by molar-refractivity contribution is 7.98. The predicted molar refractivity (Wildman–Crippen MR) is 55.9 cm³/mol. The molecular weight excluding hydrogens is 214 g/mol. The number of pyridine rings is 1. The van der Waals surface area contributed by atoms with Gasteiger partial charge in [-0.2, -0.15) is 4.98 Å². The number of methoxy groups -OCH3 is 1. The van der Waals surface area contributed by atoms with Gasteiger partial charge in [0.15, 0.2) is 0 Å². The van der Waals surface area contributed by atoms with E-state index in [2.05, 4.69) is 15.1 Å². The number of ether oxygens (including phenoxy) is 1. The maximum absolute atomic E-state index is 5.03. The van der Waals surface area contributed by atoms with E-state index in [4.69, 9.17) is 9.26 Å². The van der Waals surface area contributed by atoms with Gasteiger partial charge in [0, 0.05) is 0 Å². The van der Waals surface area contributed by atoms with E-state index in [9.17, 15) is 0 Å². The van der Waals surface area contributed by atoms with Crippen LogP contribution in [0, 0.1) is 0 Å². The summed E-state index contributed by atoms with van der Waals surface area (Å²) in [7, 11) is 1.59. The Morgan fingerprint density at radius 3 is 2.80 bits per heavy atom. The molecule has 2 aromatic heterocycles. The molecule has 15 heavy (non-hydrogen) atoms. The van der Waals surface area contributed by atoms with Crippen molar-refractivity contribution in [3.8, 4) is 17.3 Å². The van der Waals surface area contributed by atoms with Gasteiger partial charge >= 0.3 is 0 Å². The smallest absolute Gasteiger partial charge is 0.277 e. The molecule has 0 fully saturated rings. The molecule has 0 radical (unpaired) electrons. The number of hydrogen-bond donors (Lipinski definition) is 0. The van der Waals surface area contributed by atoms with Crippen molar-refractivity contribution >= 4 is 11.8 Å². The van der Waals surface area contributed by atoms with Crippen LogP contribution < -0.4 is 4.74 Å². The van der Waals surface area contributed by atoms with E-state index in [1.54, 1.807) is 25.4 Å². The van der Waals surface area contributed by atoms with Gasteiger partial charge in [-0.25, -0.2) is 4.98 Å². The van der Waals surface area contributed by atoms with Crippen LogP contribution in [0.2, 0.25) is 0 Å². The number of aromatic nitrogens is 3. The van der Waals surface area contributed by atoms with Crippen LogP contribution in [0.1, 0.15) is 0 Å². The van der Waals surface area contributed by atoms with Crippen LogP contribution in [0.3, 0.4) is 0 Å². The second-order valence-corrected chi connectivity index (χ2v) is 3.44. The maximum Gasteiger partial charge on any atom is 0.277 e. The lowest BCUT2D eigenvalue weighted by Crippen LogP contribution is -1.86. The Hall–Kier alpha value is -1.56. The summed E-state index contributed by atoms with van der Waals surface area (Å²) in [6.45, 7) is 0. The van der Waals surface area contributed by atoms with Crippen molar-refractivity contribution < 1.29 is 9.26 Å². The van der Waals surface area contributed by atoms with Crippen LogP contribution in [0.25, 0.3) is 11.6 Å². The van der Waals surface area contributed by atoms with Gasteiger partial charge in [0.2, 0.25) is 5.16 Å². The number of hydrogen-bond acceptors (Lipinski definition) is 6. The molecule has 0 aliphatic rings. The van der Waals surface area contributed by atoms with Crippen molar-refractivity contribution in [2.45, 2.75) is 5.16 Å². The lowest BCUT2D eigenvalue weighted by Gasteiger charge is -1.97. The minimum atomic E-state index is 0.419. The Bertz CT molecular complexity index is 441. The fraction of sp³-hybridized carbons (Fsp3) is 0.222. The van der Waals surface area contributed by atoms with Gasteiger partial charge < -0.3 is 9.26 Å². The topological polar surface area (TPSA) is 61.0 Å². The highest BCUT2D eigenvalue weighted by Crippen LogP contribution is 2.19. The van der Waals surface area contributed by atoms with Gasteiger partial charge in [0.05, 0.1) is 13.3 Å². The van der Waals surface area contributed by atoms with E-state index >= 15 is 0 Å². The zero-order valence-electron chi connectivity index (χ0n) is 8.30. The molecule has 78 valence electrons. The van der Waals surface area contributed by atoms with Crippen LogP contribution in [0.4, 0.5) is 0 Å². The number of nitrogens with zero attached hydrogens (tertiary/aromatic N) is 3. The molecule has 0 aliphatic carbocycles. The van der Waals surface area contributed by atoms with Crippen LogP contribution in [0.15, 0.2) is 28.0 Å². The quantitative estimate of drug-likeness (QED) is 0.740. The zero-order valence-corrected chi connectivity index (χ0v) is 9.11. The van der Waals surface area contributed by atoms with Crippen molar-refractivity contribution in [1.82, 2.24) is 15.1 Å². The van der Waals surface area contributed by atoms with Crippen molar-refractivity contribution in [2.24, 2.45) is 0 Å². The van der Waals surface area contributed by atoms with E-state index in [0.717, 1.165) is 0 Å². The van der Waals surface area contributed by atoms with Crippen LogP contribution in [0.5, 0.6) is 5.75 Å². The normalized spacial score (nSPS) is 10.3. The Morgan fingerprint density at radius 2 is 2.27 bits per heavy atom. The molecule has 5 nitrogen and oxygen atoms in total. The molecule has 0 N–H and O–H groups in total. The first kappa shape index (κ1) is 9.97. The first-order valence-corrected chi connectivity index (χ1v) is 5.44. The molecule has 2 aromatic rings. The lowest BCUT2D eigenvalue weighted by molar-refractivity contribution is 0.409. The highest BCUT2D eigenvalue weighted by atomic mass is 32.2. The third-order valence-electron chi connectivity index (χ3n) is 1.78. The summed E-state index contributed by atoms with van der Waals surface area (Å²) < 4.78 is 10.0. The van der Waals surface area contributed by atoms with Gasteiger partial charge in [0.25, 0.3) is 5.89 Å². The molecular formula is C9H9N3O2S. The summed E-state index contributed by atoms with van der Waals surface area (Å²) >= 11 is 1.42. The van der Waals surface area contributed by atoms with Gasteiger partial charge in [-0.1, -0.05) is 11.8 Å². The summed E-state index contributed by atoms with van der Waals surface area (Å²) in [5.41, 5.74) is 0.642. The Balaban J connectivity index is 2.28. The van der Waals surface area contributed by atoms with Gasteiger partial charge in [-0.3, -0.25) is 0 Å². The Labute approximate surface area is 90.9 Å². The van der Waals surface area contributed by atoms with E-state index in [0.29, 0.717) is 22.5 Å². The summed E-state index contributed by atoms with van der Waals surface area (Å²) in [4.78, 5) is 8.27. The summed E-state index contributed by atoms with van der Waals surface area (Å²) in [6.07, 6.45) is 3.49. The molecule has 0 aliphatic heterocycles. The fourth-order valence-corrected chi connectivity index (χ4v) is 1.31. The highest BCUT2D eigenvalue weighted by Gasteiger charge is 2.08. The Kier molecular flexibility index (Phi) is 2.86. The van der Waals surface area contributed by atoms with Crippen molar-refractivity contribution in [1.29, 1.82) is 0 Å². The zero-order chi connectivity index (χ0) is 10.7. The molecule has 0 saturated heterocycles. The molecule has 0 amide bonds.